The average molecular weight is 211 g/mol. The molecule has 3 nitrogen and oxygen atoms in total. The molecule has 1 aromatic rings. The standard InChI is InChI=1S/C10H17N3S/c1-5-11-9(6-7(2)3)10-8(4)12-13-14-10/h9,11H,2,5-6H2,1,3-4H3. The molecule has 1 atom stereocenters. The van der Waals surface area contributed by atoms with Crippen molar-refractivity contribution >= 4 is 11.5 Å². The maximum Gasteiger partial charge on any atom is 0.0772 e. The van der Waals surface area contributed by atoms with E-state index in [1.54, 1.807) is 0 Å². The van der Waals surface area contributed by atoms with Crippen LogP contribution in [0.2, 0.25) is 0 Å². The Bertz CT molecular complexity index is 306. The van der Waals surface area contributed by atoms with Crippen molar-refractivity contribution < 1.29 is 0 Å². The first-order chi connectivity index (χ1) is 6.65. The van der Waals surface area contributed by atoms with Gasteiger partial charge in [0, 0.05) is 6.04 Å². The molecule has 78 valence electrons. The molecule has 0 aliphatic rings. The van der Waals surface area contributed by atoms with Crippen molar-refractivity contribution in [1.82, 2.24) is 14.9 Å². The SMILES string of the molecule is C=C(C)CC(NCC)c1snnc1C. The van der Waals surface area contributed by atoms with Crippen molar-refractivity contribution in [3.05, 3.63) is 22.7 Å². The van der Waals surface area contributed by atoms with E-state index in [0.29, 0.717) is 6.04 Å². The second kappa shape index (κ2) is 5.22. The summed E-state index contributed by atoms with van der Waals surface area (Å²) >= 11 is 1.47. The summed E-state index contributed by atoms with van der Waals surface area (Å²) < 4.78 is 3.95. The highest BCUT2D eigenvalue weighted by molar-refractivity contribution is 7.05. The van der Waals surface area contributed by atoms with E-state index >= 15 is 0 Å². The normalized spacial score (nSPS) is 12.8. The first-order valence-electron chi connectivity index (χ1n) is 4.81. The topological polar surface area (TPSA) is 37.8 Å². The summed E-state index contributed by atoms with van der Waals surface area (Å²) in [6.45, 7) is 11.1. The van der Waals surface area contributed by atoms with Gasteiger partial charge >= 0.3 is 0 Å². The Morgan fingerprint density at radius 2 is 2.36 bits per heavy atom. The molecule has 1 N–H and O–H groups in total. The van der Waals surface area contributed by atoms with E-state index in [1.165, 1.54) is 22.0 Å². The van der Waals surface area contributed by atoms with Gasteiger partial charge in [0.15, 0.2) is 0 Å². The molecule has 0 saturated carbocycles. The molecule has 14 heavy (non-hydrogen) atoms. The van der Waals surface area contributed by atoms with Gasteiger partial charge in [0.1, 0.15) is 0 Å². The fraction of sp³-hybridized carbons (Fsp3) is 0.600. The fourth-order valence-electron chi connectivity index (χ4n) is 1.41. The lowest BCUT2D eigenvalue weighted by molar-refractivity contribution is 0.553. The van der Waals surface area contributed by atoms with Gasteiger partial charge in [-0.3, -0.25) is 0 Å². The number of rotatable bonds is 5. The van der Waals surface area contributed by atoms with E-state index < -0.39 is 0 Å². The van der Waals surface area contributed by atoms with Crippen LogP contribution in [-0.2, 0) is 0 Å². The smallest absolute Gasteiger partial charge is 0.0772 e. The van der Waals surface area contributed by atoms with E-state index in [4.69, 9.17) is 0 Å². The Labute approximate surface area is 89.4 Å². The zero-order valence-corrected chi connectivity index (χ0v) is 9.82. The Balaban J connectivity index is 2.77. The van der Waals surface area contributed by atoms with Crippen LogP contribution in [0.15, 0.2) is 12.2 Å². The zero-order chi connectivity index (χ0) is 10.6. The lowest BCUT2D eigenvalue weighted by atomic mass is 10.1. The fourth-order valence-corrected chi connectivity index (χ4v) is 2.13. The maximum absolute atomic E-state index is 4.03. The van der Waals surface area contributed by atoms with Gasteiger partial charge in [-0.15, -0.1) is 11.7 Å². The van der Waals surface area contributed by atoms with Crippen LogP contribution in [0.25, 0.3) is 0 Å². The Morgan fingerprint density at radius 1 is 1.64 bits per heavy atom. The van der Waals surface area contributed by atoms with Gasteiger partial charge in [-0.2, -0.15) is 0 Å². The van der Waals surface area contributed by atoms with Crippen molar-refractivity contribution in [3.8, 4) is 0 Å². The highest BCUT2D eigenvalue weighted by atomic mass is 32.1. The van der Waals surface area contributed by atoms with Crippen molar-refractivity contribution in [2.45, 2.75) is 33.2 Å². The summed E-state index contributed by atoms with van der Waals surface area (Å²) in [7, 11) is 0. The predicted octanol–water partition coefficient (Wildman–Crippen LogP) is 2.46. The second-order valence-corrected chi connectivity index (χ2v) is 4.28. The number of hydrogen-bond acceptors (Lipinski definition) is 4. The molecule has 1 rings (SSSR count). The number of hydrogen-bond donors (Lipinski definition) is 1. The molecule has 0 aliphatic heterocycles. The molecule has 1 unspecified atom stereocenters. The lowest BCUT2D eigenvalue weighted by Crippen LogP contribution is -2.20. The van der Waals surface area contributed by atoms with Crippen molar-refractivity contribution in [2.75, 3.05) is 6.54 Å². The van der Waals surface area contributed by atoms with E-state index in [0.717, 1.165) is 18.7 Å². The van der Waals surface area contributed by atoms with Crippen molar-refractivity contribution in [2.24, 2.45) is 0 Å². The first-order valence-corrected chi connectivity index (χ1v) is 5.59. The lowest BCUT2D eigenvalue weighted by Gasteiger charge is -2.16. The quantitative estimate of drug-likeness (QED) is 0.760. The predicted molar refractivity (Wildman–Crippen MR) is 60.5 cm³/mol. The second-order valence-electron chi connectivity index (χ2n) is 3.49. The van der Waals surface area contributed by atoms with Crippen LogP contribution >= 0.6 is 11.5 Å². The third-order valence-electron chi connectivity index (χ3n) is 2.01. The molecule has 0 saturated heterocycles. The van der Waals surface area contributed by atoms with E-state index in [9.17, 15) is 0 Å². The van der Waals surface area contributed by atoms with E-state index in [2.05, 4.69) is 28.4 Å². The van der Waals surface area contributed by atoms with Gasteiger partial charge in [-0.05, 0) is 38.3 Å². The number of nitrogens with one attached hydrogen (secondary N) is 1. The zero-order valence-electron chi connectivity index (χ0n) is 9.00. The highest BCUT2D eigenvalue weighted by Gasteiger charge is 2.15. The van der Waals surface area contributed by atoms with Crippen LogP contribution in [0.4, 0.5) is 0 Å². The summed E-state index contributed by atoms with van der Waals surface area (Å²) in [4.78, 5) is 1.23. The molecule has 0 amide bonds. The molecule has 0 bridgehead atoms. The van der Waals surface area contributed by atoms with E-state index in [-0.39, 0.29) is 0 Å². The molecular weight excluding hydrogens is 194 g/mol. The van der Waals surface area contributed by atoms with Crippen LogP contribution in [0.5, 0.6) is 0 Å². The first kappa shape index (κ1) is 11.3. The number of aryl methyl sites for hydroxylation is 1. The molecule has 1 heterocycles. The molecule has 4 heteroatoms. The Morgan fingerprint density at radius 3 is 2.79 bits per heavy atom. The average Bonchev–Trinajstić information content (AvgIpc) is 2.50. The van der Waals surface area contributed by atoms with Gasteiger partial charge in [0.05, 0.1) is 10.6 Å². The highest BCUT2D eigenvalue weighted by Crippen LogP contribution is 2.24. The number of aromatic nitrogens is 2. The third kappa shape index (κ3) is 2.89. The van der Waals surface area contributed by atoms with Gasteiger partial charge < -0.3 is 5.32 Å². The molecule has 1 aromatic heterocycles. The summed E-state index contributed by atoms with van der Waals surface area (Å²) in [6.07, 6.45) is 0.957. The van der Waals surface area contributed by atoms with Crippen LogP contribution < -0.4 is 5.32 Å². The van der Waals surface area contributed by atoms with Gasteiger partial charge in [-0.25, -0.2) is 0 Å². The Kier molecular flexibility index (Phi) is 4.22. The van der Waals surface area contributed by atoms with Crippen LogP contribution in [0, 0.1) is 6.92 Å². The minimum atomic E-state index is 0.331. The minimum Gasteiger partial charge on any atom is -0.309 e. The summed E-state index contributed by atoms with van der Waals surface area (Å²) in [5.74, 6) is 0. The summed E-state index contributed by atoms with van der Waals surface area (Å²) in [5.41, 5.74) is 2.21. The minimum absolute atomic E-state index is 0.331. The van der Waals surface area contributed by atoms with Crippen molar-refractivity contribution in [1.29, 1.82) is 0 Å². The van der Waals surface area contributed by atoms with Gasteiger partial charge in [0.25, 0.3) is 0 Å². The molecular formula is C10H17N3S. The van der Waals surface area contributed by atoms with Crippen molar-refractivity contribution in [3.63, 3.8) is 0 Å². The van der Waals surface area contributed by atoms with Gasteiger partial charge in [0.2, 0.25) is 0 Å². The molecule has 0 fully saturated rings. The monoisotopic (exact) mass is 211 g/mol. The largest absolute Gasteiger partial charge is 0.309 e. The Hall–Kier alpha value is -0.740. The maximum atomic E-state index is 4.03. The molecule has 0 aliphatic carbocycles. The molecule has 0 radical (unpaired) electrons. The van der Waals surface area contributed by atoms with Crippen LogP contribution in [-0.4, -0.2) is 16.1 Å². The van der Waals surface area contributed by atoms with E-state index in [1.807, 2.05) is 13.8 Å². The van der Waals surface area contributed by atoms with Crippen LogP contribution in [0.1, 0.15) is 36.9 Å². The molecule has 0 aromatic carbocycles. The summed E-state index contributed by atoms with van der Waals surface area (Å²) in [5, 5.41) is 7.45. The number of nitrogens with zero attached hydrogens (tertiary/aromatic N) is 2. The molecule has 0 spiro atoms. The summed E-state index contributed by atoms with van der Waals surface area (Å²) in [6, 6.07) is 0.331. The van der Waals surface area contributed by atoms with Crippen LogP contribution in [0.3, 0.4) is 0 Å². The van der Waals surface area contributed by atoms with Gasteiger partial charge in [-0.1, -0.05) is 17.0 Å². The third-order valence-corrected chi connectivity index (χ3v) is 2.95.